The van der Waals surface area contributed by atoms with Crippen LogP contribution in [0.1, 0.15) is 10.6 Å². The molecule has 1 amide bonds. The van der Waals surface area contributed by atoms with E-state index < -0.39 is 4.92 Å². The molecule has 0 saturated carbocycles. The lowest BCUT2D eigenvalue weighted by Gasteiger charge is -2.29. The molecule has 136 valence electrons. The van der Waals surface area contributed by atoms with Crippen LogP contribution in [0.3, 0.4) is 0 Å². The number of aromatic nitrogens is 1. The number of thiazole rings is 1. The molecule has 0 bridgehead atoms. The summed E-state index contributed by atoms with van der Waals surface area (Å²) in [6.45, 7) is 2.22. The van der Waals surface area contributed by atoms with Crippen LogP contribution in [0.25, 0.3) is 11.3 Å². The van der Waals surface area contributed by atoms with E-state index in [4.69, 9.17) is 4.74 Å². The van der Waals surface area contributed by atoms with Gasteiger partial charge in [-0.2, -0.15) is 0 Å². The Morgan fingerprint density at radius 2 is 2.04 bits per heavy atom. The third-order valence-electron chi connectivity index (χ3n) is 4.30. The van der Waals surface area contributed by atoms with Crippen molar-refractivity contribution < 1.29 is 14.5 Å². The Balaban J connectivity index is 1.67. The summed E-state index contributed by atoms with van der Waals surface area (Å²) >= 11 is 1.57. The van der Waals surface area contributed by atoms with Gasteiger partial charge in [0.1, 0.15) is 5.75 Å². The molecule has 0 spiro atoms. The summed E-state index contributed by atoms with van der Waals surface area (Å²) in [6.07, 6.45) is 0. The third kappa shape index (κ3) is 3.39. The van der Waals surface area contributed by atoms with Gasteiger partial charge in [0.15, 0.2) is 6.61 Å². The van der Waals surface area contributed by atoms with E-state index in [2.05, 4.69) is 4.98 Å². The Bertz CT molecular complexity index is 1030. The van der Waals surface area contributed by atoms with E-state index in [1.165, 1.54) is 12.1 Å². The average Bonchev–Trinajstić information content (AvgIpc) is 3.10. The number of amides is 1. The van der Waals surface area contributed by atoms with E-state index in [0.29, 0.717) is 18.0 Å². The second-order valence-corrected chi connectivity index (χ2v) is 7.19. The van der Waals surface area contributed by atoms with E-state index in [-0.39, 0.29) is 18.2 Å². The normalized spacial score (nSPS) is 13.2. The Labute approximate surface area is 159 Å². The average molecular weight is 381 g/mol. The van der Waals surface area contributed by atoms with Gasteiger partial charge in [-0.15, -0.1) is 11.3 Å². The molecule has 0 radical (unpaired) electrons. The second kappa shape index (κ2) is 6.81. The van der Waals surface area contributed by atoms with Crippen molar-refractivity contribution in [3.05, 3.63) is 68.5 Å². The molecule has 0 N–H and O–H groups in total. The first kappa shape index (κ1) is 17.2. The number of aryl methyl sites for hydroxylation is 1. The number of carbonyl (C=O) groups is 1. The zero-order valence-corrected chi connectivity index (χ0v) is 15.2. The van der Waals surface area contributed by atoms with Crippen LogP contribution in [0.5, 0.6) is 5.75 Å². The van der Waals surface area contributed by atoms with Crippen molar-refractivity contribution in [1.29, 1.82) is 0 Å². The van der Waals surface area contributed by atoms with Crippen LogP contribution in [-0.2, 0) is 11.3 Å². The summed E-state index contributed by atoms with van der Waals surface area (Å²) in [5.41, 5.74) is 3.26. The molecule has 1 aliphatic heterocycles. The fourth-order valence-electron chi connectivity index (χ4n) is 2.94. The molecule has 1 aliphatic rings. The molecule has 27 heavy (non-hydrogen) atoms. The molecule has 2 heterocycles. The van der Waals surface area contributed by atoms with Crippen LogP contribution >= 0.6 is 11.3 Å². The SMILES string of the molecule is Cc1nc(-c2ccc3c(c2)N(Cc2ccc([N+](=O)[O-])cc2)C(=O)CO3)cs1. The van der Waals surface area contributed by atoms with E-state index in [9.17, 15) is 14.9 Å². The number of hydrogen-bond acceptors (Lipinski definition) is 6. The number of nitro benzene ring substituents is 1. The first-order valence-electron chi connectivity index (χ1n) is 8.24. The lowest BCUT2D eigenvalue weighted by atomic mass is 10.1. The number of hydrogen-bond donors (Lipinski definition) is 0. The van der Waals surface area contributed by atoms with E-state index in [0.717, 1.165) is 21.8 Å². The molecule has 3 aromatic rings. The van der Waals surface area contributed by atoms with E-state index >= 15 is 0 Å². The molecule has 4 rings (SSSR count). The van der Waals surface area contributed by atoms with Crippen molar-refractivity contribution in [3.63, 3.8) is 0 Å². The zero-order chi connectivity index (χ0) is 19.0. The summed E-state index contributed by atoms with van der Waals surface area (Å²) in [6, 6.07) is 11.9. The Hall–Kier alpha value is -3.26. The lowest BCUT2D eigenvalue weighted by molar-refractivity contribution is -0.384. The lowest BCUT2D eigenvalue weighted by Crippen LogP contribution is -2.38. The van der Waals surface area contributed by atoms with E-state index in [1.807, 2.05) is 30.5 Å². The Morgan fingerprint density at radius 3 is 2.70 bits per heavy atom. The van der Waals surface area contributed by atoms with Crippen LogP contribution in [0.15, 0.2) is 47.8 Å². The number of rotatable bonds is 4. The third-order valence-corrected chi connectivity index (χ3v) is 5.08. The number of nitro groups is 1. The molecule has 8 heteroatoms. The van der Waals surface area contributed by atoms with Crippen molar-refractivity contribution >= 4 is 28.6 Å². The fourth-order valence-corrected chi connectivity index (χ4v) is 3.56. The maximum Gasteiger partial charge on any atom is 0.269 e. The van der Waals surface area contributed by atoms with Crippen LogP contribution < -0.4 is 9.64 Å². The van der Waals surface area contributed by atoms with Crippen molar-refractivity contribution in [3.8, 4) is 17.0 Å². The van der Waals surface area contributed by atoms with Gasteiger partial charge in [-0.05, 0) is 30.7 Å². The highest BCUT2D eigenvalue weighted by atomic mass is 32.1. The van der Waals surface area contributed by atoms with Crippen LogP contribution in [0.4, 0.5) is 11.4 Å². The van der Waals surface area contributed by atoms with Crippen molar-refractivity contribution in [2.75, 3.05) is 11.5 Å². The number of anilines is 1. The summed E-state index contributed by atoms with van der Waals surface area (Å²) < 4.78 is 5.55. The summed E-state index contributed by atoms with van der Waals surface area (Å²) in [5, 5.41) is 13.8. The van der Waals surface area contributed by atoms with E-state index in [1.54, 1.807) is 28.4 Å². The molecule has 0 atom stereocenters. The molecule has 7 nitrogen and oxygen atoms in total. The highest BCUT2D eigenvalue weighted by Gasteiger charge is 2.26. The second-order valence-electron chi connectivity index (χ2n) is 6.13. The monoisotopic (exact) mass is 381 g/mol. The van der Waals surface area contributed by atoms with Gasteiger partial charge >= 0.3 is 0 Å². The zero-order valence-electron chi connectivity index (χ0n) is 14.4. The minimum Gasteiger partial charge on any atom is -0.482 e. The smallest absolute Gasteiger partial charge is 0.269 e. The topological polar surface area (TPSA) is 85.6 Å². The summed E-state index contributed by atoms with van der Waals surface area (Å²) in [5.74, 6) is 0.472. The minimum absolute atomic E-state index is 0.0219. The predicted octanol–water partition coefficient (Wildman–Crippen LogP) is 3.95. The Kier molecular flexibility index (Phi) is 4.33. The van der Waals surface area contributed by atoms with Gasteiger partial charge in [0.25, 0.3) is 11.6 Å². The highest BCUT2D eigenvalue weighted by molar-refractivity contribution is 7.09. The van der Waals surface area contributed by atoms with Crippen LogP contribution in [0, 0.1) is 17.0 Å². The van der Waals surface area contributed by atoms with Crippen LogP contribution in [0.2, 0.25) is 0 Å². The molecule has 0 saturated heterocycles. The largest absolute Gasteiger partial charge is 0.482 e. The molecule has 0 unspecified atom stereocenters. The van der Waals surface area contributed by atoms with Gasteiger partial charge < -0.3 is 9.64 Å². The maximum atomic E-state index is 12.5. The summed E-state index contributed by atoms with van der Waals surface area (Å²) in [4.78, 5) is 29.0. The van der Waals surface area contributed by atoms with Crippen molar-refractivity contribution in [1.82, 2.24) is 4.98 Å². The molecule has 0 aliphatic carbocycles. The highest BCUT2D eigenvalue weighted by Crippen LogP contribution is 2.37. The van der Waals surface area contributed by atoms with Gasteiger partial charge in [0, 0.05) is 23.1 Å². The first-order chi connectivity index (χ1) is 13.0. The number of ether oxygens (including phenoxy) is 1. The standard InChI is InChI=1S/C19H15N3O4S/c1-12-20-16(11-27-12)14-4-7-18-17(8-14)21(19(23)10-26-18)9-13-2-5-15(6-3-13)22(24)25/h2-8,11H,9-10H2,1H3. The number of fused-ring (bicyclic) bond motifs is 1. The summed E-state index contributed by atoms with van der Waals surface area (Å²) in [7, 11) is 0. The van der Waals surface area contributed by atoms with Gasteiger partial charge in [0.2, 0.25) is 0 Å². The fraction of sp³-hybridized carbons (Fsp3) is 0.158. The van der Waals surface area contributed by atoms with Gasteiger partial charge in [-0.25, -0.2) is 4.98 Å². The number of carbonyl (C=O) groups excluding carboxylic acids is 1. The van der Waals surface area contributed by atoms with Crippen molar-refractivity contribution in [2.45, 2.75) is 13.5 Å². The first-order valence-corrected chi connectivity index (χ1v) is 9.12. The number of nitrogens with zero attached hydrogens (tertiary/aromatic N) is 3. The molecule has 2 aromatic carbocycles. The predicted molar refractivity (Wildman–Crippen MR) is 102 cm³/mol. The minimum atomic E-state index is -0.443. The number of benzene rings is 2. The van der Waals surface area contributed by atoms with Crippen LogP contribution in [-0.4, -0.2) is 22.4 Å². The van der Waals surface area contributed by atoms with Gasteiger partial charge in [0.05, 0.1) is 27.9 Å². The number of non-ortho nitro benzene ring substituents is 1. The Morgan fingerprint density at radius 1 is 1.26 bits per heavy atom. The maximum absolute atomic E-state index is 12.5. The molecular weight excluding hydrogens is 366 g/mol. The molecular formula is C19H15N3O4S. The quantitative estimate of drug-likeness (QED) is 0.504. The molecule has 1 aromatic heterocycles. The van der Waals surface area contributed by atoms with Gasteiger partial charge in [-0.3, -0.25) is 14.9 Å². The van der Waals surface area contributed by atoms with Gasteiger partial charge in [-0.1, -0.05) is 12.1 Å². The van der Waals surface area contributed by atoms with Crippen molar-refractivity contribution in [2.24, 2.45) is 0 Å². The molecule has 0 fully saturated rings.